The molecule has 0 fully saturated rings. The second-order valence-electron chi connectivity index (χ2n) is 6.83. The minimum absolute atomic E-state index is 0.0182. The van der Waals surface area contributed by atoms with Gasteiger partial charge < -0.3 is 13.9 Å². The largest absolute Gasteiger partial charge is 0.495 e. The average molecular weight is 465 g/mol. The average Bonchev–Trinajstić information content (AvgIpc) is 3.50. The van der Waals surface area contributed by atoms with Gasteiger partial charge in [-0.05, 0) is 48.0 Å². The van der Waals surface area contributed by atoms with Crippen molar-refractivity contribution in [3.05, 3.63) is 82.3 Å². The SMILES string of the molecule is COc1ccc(OC)c2sc(N(Cc3ccco3)C(=O)/C=C\c3ccc([N+](=O)[O-])cc3)nc12. The maximum absolute atomic E-state index is 13.2. The maximum Gasteiger partial charge on any atom is 0.269 e. The first-order chi connectivity index (χ1) is 16.0. The quantitative estimate of drug-likeness (QED) is 0.203. The number of nitro groups is 1. The Labute approximate surface area is 192 Å². The van der Waals surface area contributed by atoms with Crippen LogP contribution in [0.3, 0.4) is 0 Å². The molecule has 2 aromatic carbocycles. The maximum atomic E-state index is 13.2. The number of nitro benzene ring substituents is 1. The van der Waals surface area contributed by atoms with Crippen molar-refractivity contribution in [3.63, 3.8) is 0 Å². The minimum atomic E-state index is -0.473. The number of amides is 1. The van der Waals surface area contributed by atoms with Gasteiger partial charge in [-0.3, -0.25) is 19.8 Å². The number of carbonyl (C=O) groups excluding carboxylic acids is 1. The Morgan fingerprint density at radius 1 is 1.15 bits per heavy atom. The predicted molar refractivity (Wildman–Crippen MR) is 125 cm³/mol. The lowest BCUT2D eigenvalue weighted by Gasteiger charge is -2.16. The van der Waals surface area contributed by atoms with Crippen molar-refractivity contribution in [1.82, 2.24) is 4.98 Å². The van der Waals surface area contributed by atoms with Crippen molar-refractivity contribution in [2.24, 2.45) is 0 Å². The Balaban J connectivity index is 1.69. The molecule has 10 heteroatoms. The van der Waals surface area contributed by atoms with E-state index in [0.717, 1.165) is 4.70 Å². The zero-order valence-electron chi connectivity index (χ0n) is 17.8. The van der Waals surface area contributed by atoms with Crippen molar-refractivity contribution in [2.45, 2.75) is 6.54 Å². The number of methoxy groups -OCH3 is 2. The predicted octanol–water partition coefficient (Wildman–Crippen LogP) is 5.06. The van der Waals surface area contributed by atoms with Crippen LogP contribution in [-0.2, 0) is 11.3 Å². The third-order valence-corrected chi connectivity index (χ3v) is 5.91. The van der Waals surface area contributed by atoms with Crippen LogP contribution in [0.4, 0.5) is 10.8 Å². The molecule has 0 spiro atoms. The van der Waals surface area contributed by atoms with Crippen LogP contribution in [0.15, 0.2) is 65.3 Å². The van der Waals surface area contributed by atoms with E-state index in [1.54, 1.807) is 56.7 Å². The fraction of sp³-hybridized carbons (Fsp3) is 0.130. The van der Waals surface area contributed by atoms with Gasteiger partial charge in [-0.1, -0.05) is 11.3 Å². The lowest BCUT2D eigenvalue weighted by Crippen LogP contribution is -2.28. The third-order valence-electron chi connectivity index (χ3n) is 4.81. The summed E-state index contributed by atoms with van der Waals surface area (Å²) in [5.41, 5.74) is 1.23. The number of hydrogen-bond acceptors (Lipinski definition) is 8. The molecule has 9 nitrogen and oxygen atoms in total. The van der Waals surface area contributed by atoms with Crippen molar-refractivity contribution in [1.29, 1.82) is 0 Å². The summed E-state index contributed by atoms with van der Waals surface area (Å²) in [6.07, 6.45) is 4.52. The highest BCUT2D eigenvalue weighted by molar-refractivity contribution is 7.22. The Hall–Kier alpha value is -4.18. The van der Waals surface area contributed by atoms with Gasteiger partial charge in [0.15, 0.2) is 5.13 Å². The van der Waals surface area contributed by atoms with Crippen LogP contribution in [0.25, 0.3) is 16.3 Å². The molecule has 0 atom stereocenters. The first kappa shape index (κ1) is 22.0. The number of fused-ring (bicyclic) bond motifs is 1. The van der Waals surface area contributed by atoms with Gasteiger partial charge in [-0.2, -0.15) is 0 Å². The van der Waals surface area contributed by atoms with Gasteiger partial charge >= 0.3 is 0 Å². The van der Waals surface area contributed by atoms with Crippen molar-refractivity contribution in [2.75, 3.05) is 19.1 Å². The third kappa shape index (κ3) is 4.70. The second-order valence-corrected chi connectivity index (χ2v) is 7.81. The van der Waals surface area contributed by atoms with Gasteiger partial charge in [0.1, 0.15) is 27.5 Å². The summed E-state index contributed by atoms with van der Waals surface area (Å²) in [6.45, 7) is 0.168. The first-order valence-corrected chi connectivity index (χ1v) is 10.6. The first-order valence-electron chi connectivity index (χ1n) is 9.78. The van der Waals surface area contributed by atoms with Crippen molar-refractivity contribution >= 4 is 44.4 Å². The number of hydrogen-bond donors (Lipinski definition) is 0. The fourth-order valence-corrected chi connectivity index (χ4v) is 4.23. The van der Waals surface area contributed by atoms with E-state index in [9.17, 15) is 14.9 Å². The molecule has 4 rings (SSSR count). The summed E-state index contributed by atoms with van der Waals surface area (Å²) in [6, 6.07) is 13.0. The van der Waals surface area contributed by atoms with E-state index < -0.39 is 4.92 Å². The van der Waals surface area contributed by atoms with Gasteiger partial charge in [-0.25, -0.2) is 4.98 Å². The van der Waals surface area contributed by atoms with Crippen LogP contribution < -0.4 is 14.4 Å². The monoisotopic (exact) mass is 465 g/mol. The minimum Gasteiger partial charge on any atom is -0.495 e. The number of nitrogens with zero attached hydrogens (tertiary/aromatic N) is 3. The molecule has 33 heavy (non-hydrogen) atoms. The molecule has 0 unspecified atom stereocenters. The lowest BCUT2D eigenvalue weighted by atomic mass is 10.2. The van der Waals surface area contributed by atoms with E-state index in [1.165, 1.54) is 40.7 Å². The Kier molecular flexibility index (Phi) is 6.36. The number of ether oxygens (including phenoxy) is 2. The molecule has 0 N–H and O–H groups in total. The number of rotatable bonds is 8. The molecule has 0 radical (unpaired) electrons. The van der Waals surface area contributed by atoms with Crippen LogP contribution in [0, 0.1) is 10.1 Å². The van der Waals surface area contributed by atoms with Crippen LogP contribution in [0.5, 0.6) is 11.5 Å². The number of aromatic nitrogens is 1. The summed E-state index contributed by atoms with van der Waals surface area (Å²) in [7, 11) is 3.12. The molecule has 0 aliphatic carbocycles. The van der Waals surface area contributed by atoms with Gasteiger partial charge in [0.25, 0.3) is 11.6 Å². The molecule has 0 aliphatic rings. The van der Waals surface area contributed by atoms with Crippen LogP contribution in [-0.4, -0.2) is 30.0 Å². The molecule has 2 aromatic heterocycles. The highest BCUT2D eigenvalue weighted by atomic mass is 32.1. The van der Waals surface area contributed by atoms with E-state index in [4.69, 9.17) is 13.9 Å². The molecule has 0 aliphatic heterocycles. The number of benzene rings is 2. The summed E-state index contributed by atoms with van der Waals surface area (Å²) in [4.78, 5) is 29.7. The Morgan fingerprint density at radius 3 is 2.52 bits per heavy atom. The Morgan fingerprint density at radius 2 is 1.88 bits per heavy atom. The molecule has 0 saturated heterocycles. The van der Waals surface area contributed by atoms with E-state index in [-0.39, 0.29) is 18.1 Å². The van der Waals surface area contributed by atoms with Gasteiger partial charge in [-0.15, -0.1) is 0 Å². The number of anilines is 1. The molecule has 168 valence electrons. The smallest absolute Gasteiger partial charge is 0.269 e. The molecule has 1 amide bonds. The number of non-ortho nitro benzene ring substituents is 1. The van der Waals surface area contributed by atoms with Crippen LogP contribution >= 0.6 is 11.3 Å². The zero-order chi connectivity index (χ0) is 23.4. The Bertz CT molecular complexity index is 1270. The van der Waals surface area contributed by atoms with Gasteiger partial charge in [0.05, 0.1) is 32.0 Å². The summed E-state index contributed by atoms with van der Waals surface area (Å²) in [5.74, 6) is 1.45. The van der Waals surface area contributed by atoms with E-state index in [1.807, 2.05) is 0 Å². The summed E-state index contributed by atoms with van der Waals surface area (Å²) < 4.78 is 17.1. The lowest BCUT2D eigenvalue weighted by molar-refractivity contribution is -0.384. The van der Waals surface area contributed by atoms with E-state index in [0.29, 0.717) is 33.5 Å². The van der Waals surface area contributed by atoms with Gasteiger partial charge in [0, 0.05) is 18.2 Å². The van der Waals surface area contributed by atoms with E-state index in [2.05, 4.69) is 4.98 Å². The highest BCUT2D eigenvalue weighted by Gasteiger charge is 2.22. The van der Waals surface area contributed by atoms with Crippen molar-refractivity contribution < 1.29 is 23.6 Å². The second kappa shape index (κ2) is 9.53. The van der Waals surface area contributed by atoms with Crippen LogP contribution in [0.2, 0.25) is 0 Å². The number of furan rings is 1. The molecule has 4 aromatic rings. The molecular weight excluding hydrogens is 446 g/mol. The standard InChI is InChI=1S/C23H19N3O6S/c1-30-18-10-11-19(31-2)22-21(18)24-23(33-22)25(14-17-4-3-13-32-17)20(27)12-7-15-5-8-16(9-6-15)26(28)29/h3-13H,14H2,1-2H3/b12-7-. The highest BCUT2D eigenvalue weighted by Crippen LogP contribution is 2.40. The summed E-state index contributed by atoms with van der Waals surface area (Å²) >= 11 is 1.30. The molecular formula is C23H19N3O6S. The number of thiazole rings is 1. The zero-order valence-corrected chi connectivity index (χ0v) is 18.6. The van der Waals surface area contributed by atoms with E-state index >= 15 is 0 Å². The van der Waals surface area contributed by atoms with Crippen molar-refractivity contribution in [3.8, 4) is 11.5 Å². The molecule has 2 heterocycles. The van der Waals surface area contributed by atoms with Gasteiger partial charge in [0.2, 0.25) is 0 Å². The summed E-state index contributed by atoms with van der Waals surface area (Å²) in [5, 5.41) is 11.3. The fourth-order valence-electron chi connectivity index (χ4n) is 3.15. The molecule has 0 bridgehead atoms. The topological polar surface area (TPSA) is 108 Å². The van der Waals surface area contributed by atoms with Crippen LogP contribution in [0.1, 0.15) is 11.3 Å². The normalized spacial score (nSPS) is 11.1. The number of carbonyl (C=O) groups is 1. The molecule has 0 saturated carbocycles.